The van der Waals surface area contributed by atoms with Gasteiger partial charge in [-0.3, -0.25) is 9.59 Å². The van der Waals surface area contributed by atoms with Gasteiger partial charge in [-0.25, -0.2) is 0 Å². The van der Waals surface area contributed by atoms with Gasteiger partial charge in [0.05, 0.1) is 5.41 Å². The summed E-state index contributed by atoms with van der Waals surface area (Å²) in [4.78, 5) is 25.8. The smallest absolute Gasteiger partial charge is 0.227 e. The fraction of sp³-hybridized carbons (Fsp3) is 0.364. The number of carbonyl (C=O) groups excluding carboxylic acids is 2. The van der Waals surface area contributed by atoms with Gasteiger partial charge in [-0.15, -0.1) is 0 Å². The van der Waals surface area contributed by atoms with Crippen molar-refractivity contribution in [3.8, 4) is 5.75 Å². The van der Waals surface area contributed by atoms with E-state index in [1.807, 2.05) is 12.1 Å². The van der Waals surface area contributed by atoms with E-state index in [4.69, 9.17) is 10.5 Å². The van der Waals surface area contributed by atoms with Crippen LogP contribution in [0, 0.1) is 5.41 Å². The summed E-state index contributed by atoms with van der Waals surface area (Å²) in [5, 5.41) is 11.9. The van der Waals surface area contributed by atoms with Crippen LogP contribution in [0.15, 0.2) is 42.5 Å². The average molecular weight is 365 g/mol. The topological polar surface area (TPSA) is 89.6 Å². The lowest BCUT2D eigenvalue weighted by Gasteiger charge is -2.44. The Hall–Kier alpha value is -2.66. The lowest BCUT2D eigenvalue weighted by atomic mass is 9.63. The molecule has 3 N–H and O–H groups in total. The van der Waals surface area contributed by atoms with Crippen LogP contribution in [-0.4, -0.2) is 16.8 Å². The zero-order valence-corrected chi connectivity index (χ0v) is 15.9. The zero-order valence-electron chi connectivity index (χ0n) is 15.9. The second-order valence-corrected chi connectivity index (χ2v) is 8.27. The summed E-state index contributed by atoms with van der Waals surface area (Å²) >= 11 is 0. The van der Waals surface area contributed by atoms with E-state index in [1.54, 1.807) is 44.2 Å². The standard InChI is InChI=1S/C22H23NO4/c1-12(2)13-9-10-16-17(11-13)27-22(20(3,4)19(23)25)15-8-6-5-7-14(15)18(24)21(16,22)26/h5-12,26H,1-4H3,(H2,23,25). The molecule has 2 aromatic carbocycles. The molecule has 0 bridgehead atoms. The monoisotopic (exact) mass is 365 g/mol. The van der Waals surface area contributed by atoms with Crippen LogP contribution in [0.4, 0.5) is 0 Å². The first-order valence-corrected chi connectivity index (χ1v) is 9.09. The van der Waals surface area contributed by atoms with Crippen LogP contribution in [0.1, 0.15) is 60.7 Å². The second kappa shape index (κ2) is 5.20. The summed E-state index contributed by atoms with van der Waals surface area (Å²) in [6.07, 6.45) is 0. The molecule has 5 nitrogen and oxygen atoms in total. The highest BCUT2D eigenvalue weighted by molar-refractivity contribution is 6.11. The van der Waals surface area contributed by atoms with Crippen LogP contribution in [-0.2, 0) is 16.0 Å². The minimum absolute atomic E-state index is 0.247. The number of nitrogens with two attached hydrogens (primary N) is 1. The number of primary amides is 1. The summed E-state index contributed by atoms with van der Waals surface area (Å²) in [5.41, 5.74) is 3.00. The SMILES string of the molecule is CC(C)c1ccc2c(c1)OC1(C(C)(C)C(N)=O)c3ccccc3C(=O)C21O. The molecule has 0 radical (unpaired) electrons. The van der Waals surface area contributed by atoms with Gasteiger partial charge in [0.2, 0.25) is 17.3 Å². The molecule has 0 saturated carbocycles. The second-order valence-electron chi connectivity index (χ2n) is 8.27. The highest BCUT2D eigenvalue weighted by atomic mass is 16.5. The molecule has 2 aliphatic rings. The molecule has 1 aliphatic heterocycles. The van der Waals surface area contributed by atoms with Crippen LogP contribution in [0.25, 0.3) is 0 Å². The van der Waals surface area contributed by atoms with Crippen molar-refractivity contribution in [1.29, 1.82) is 0 Å². The van der Waals surface area contributed by atoms with E-state index >= 15 is 0 Å². The lowest BCUT2D eigenvalue weighted by Crippen LogP contribution is -2.61. The predicted molar refractivity (Wildman–Crippen MR) is 100 cm³/mol. The Labute approximate surface area is 158 Å². The number of amides is 1. The molecule has 0 fully saturated rings. The maximum Gasteiger partial charge on any atom is 0.227 e. The average Bonchev–Trinajstić information content (AvgIpc) is 3.01. The molecule has 2 aromatic rings. The number of aliphatic hydroxyl groups is 1. The maximum absolute atomic E-state index is 13.4. The van der Waals surface area contributed by atoms with Gasteiger partial charge in [0, 0.05) is 16.7 Å². The molecular formula is C22H23NO4. The third-order valence-electron chi connectivity index (χ3n) is 6.21. The first-order valence-electron chi connectivity index (χ1n) is 9.09. The number of fused-ring (bicyclic) bond motifs is 5. The number of ketones is 1. The Morgan fingerprint density at radius 3 is 2.44 bits per heavy atom. The van der Waals surface area contributed by atoms with Crippen molar-refractivity contribution in [3.63, 3.8) is 0 Å². The Morgan fingerprint density at radius 1 is 1.15 bits per heavy atom. The molecule has 2 atom stereocenters. The molecule has 1 amide bonds. The molecule has 4 rings (SSSR count). The minimum Gasteiger partial charge on any atom is -0.477 e. The van der Waals surface area contributed by atoms with E-state index in [0.29, 0.717) is 22.4 Å². The Morgan fingerprint density at radius 2 is 1.81 bits per heavy atom. The lowest BCUT2D eigenvalue weighted by molar-refractivity contribution is -0.167. The number of Topliss-reactive ketones (excluding diaryl/α,β-unsaturated/α-hetero) is 1. The summed E-state index contributed by atoms with van der Waals surface area (Å²) in [7, 11) is 0. The summed E-state index contributed by atoms with van der Waals surface area (Å²) in [6.45, 7) is 7.33. The number of hydrogen-bond donors (Lipinski definition) is 2. The fourth-order valence-corrected chi connectivity index (χ4v) is 4.51. The molecule has 0 saturated heterocycles. The van der Waals surface area contributed by atoms with E-state index in [0.717, 1.165) is 5.56 Å². The summed E-state index contributed by atoms with van der Waals surface area (Å²) < 4.78 is 6.36. The summed E-state index contributed by atoms with van der Waals surface area (Å²) in [5.74, 6) is -0.455. The van der Waals surface area contributed by atoms with Gasteiger partial charge in [-0.05, 0) is 31.4 Å². The molecule has 2 unspecified atom stereocenters. The molecular weight excluding hydrogens is 342 g/mol. The van der Waals surface area contributed by atoms with Crippen molar-refractivity contribution in [3.05, 3.63) is 64.7 Å². The van der Waals surface area contributed by atoms with Crippen LogP contribution in [0.3, 0.4) is 0 Å². The zero-order chi connectivity index (χ0) is 19.8. The third kappa shape index (κ3) is 1.82. The third-order valence-corrected chi connectivity index (χ3v) is 6.21. The minimum atomic E-state index is -2.01. The number of carbonyl (C=O) groups is 2. The van der Waals surface area contributed by atoms with Crippen molar-refractivity contribution in [1.82, 2.24) is 0 Å². The first-order chi connectivity index (χ1) is 12.6. The van der Waals surface area contributed by atoms with Crippen LogP contribution in [0.2, 0.25) is 0 Å². The number of benzene rings is 2. The van der Waals surface area contributed by atoms with Gasteiger partial charge < -0.3 is 15.6 Å². The highest BCUT2D eigenvalue weighted by Crippen LogP contribution is 2.65. The Balaban J connectivity index is 2.09. The Bertz CT molecular complexity index is 994. The van der Waals surface area contributed by atoms with Crippen LogP contribution in [0.5, 0.6) is 5.75 Å². The molecule has 5 heteroatoms. The molecule has 27 heavy (non-hydrogen) atoms. The molecule has 0 aromatic heterocycles. The number of ether oxygens (including phenoxy) is 1. The molecule has 140 valence electrons. The van der Waals surface area contributed by atoms with Gasteiger partial charge in [-0.1, -0.05) is 50.2 Å². The van der Waals surface area contributed by atoms with Gasteiger partial charge >= 0.3 is 0 Å². The van der Waals surface area contributed by atoms with Crippen LogP contribution >= 0.6 is 0 Å². The van der Waals surface area contributed by atoms with Gasteiger partial charge in [0.1, 0.15) is 5.75 Å². The summed E-state index contributed by atoms with van der Waals surface area (Å²) in [6, 6.07) is 12.3. The predicted octanol–water partition coefficient (Wildman–Crippen LogP) is 2.99. The maximum atomic E-state index is 13.4. The van der Waals surface area contributed by atoms with E-state index in [9.17, 15) is 14.7 Å². The van der Waals surface area contributed by atoms with Crippen molar-refractivity contribution >= 4 is 11.7 Å². The first kappa shape index (κ1) is 17.7. The van der Waals surface area contributed by atoms with Crippen molar-refractivity contribution in [2.24, 2.45) is 11.1 Å². The van der Waals surface area contributed by atoms with Crippen LogP contribution < -0.4 is 10.5 Å². The Kier molecular flexibility index (Phi) is 3.41. The van der Waals surface area contributed by atoms with E-state index in [1.165, 1.54) is 0 Å². The van der Waals surface area contributed by atoms with E-state index < -0.39 is 28.3 Å². The number of rotatable bonds is 3. The molecule has 1 aliphatic carbocycles. The van der Waals surface area contributed by atoms with Gasteiger partial charge in [0.25, 0.3) is 0 Å². The largest absolute Gasteiger partial charge is 0.477 e. The van der Waals surface area contributed by atoms with E-state index in [2.05, 4.69) is 13.8 Å². The molecule has 1 heterocycles. The number of hydrogen-bond acceptors (Lipinski definition) is 4. The van der Waals surface area contributed by atoms with E-state index in [-0.39, 0.29) is 5.92 Å². The highest BCUT2D eigenvalue weighted by Gasteiger charge is 2.76. The van der Waals surface area contributed by atoms with Crippen molar-refractivity contribution < 1.29 is 19.4 Å². The molecule has 0 spiro atoms. The normalized spacial score (nSPS) is 25.8. The van der Waals surface area contributed by atoms with Gasteiger partial charge in [-0.2, -0.15) is 0 Å². The van der Waals surface area contributed by atoms with Gasteiger partial charge in [0.15, 0.2) is 5.60 Å². The fourth-order valence-electron chi connectivity index (χ4n) is 4.51. The quantitative estimate of drug-likeness (QED) is 0.875. The van der Waals surface area contributed by atoms with Crippen molar-refractivity contribution in [2.75, 3.05) is 0 Å². The van der Waals surface area contributed by atoms with Crippen molar-refractivity contribution in [2.45, 2.75) is 44.8 Å².